The molecular weight excluding hydrogens is 366 g/mol. The van der Waals surface area contributed by atoms with Gasteiger partial charge in [-0.3, -0.25) is 0 Å². The number of thiazole rings is 1. The van der Waals surface area contributed by atoms with E-state index in [0.29, 0.717) is 4.90 Å². The molecule has 0 N–H and O–H groups in total. The predicted molar refractivity (Wildman–Crippen MR) is 108 cm³/mol. The van der Waals surface area contributed by atoms with E-state index in [4.69, 9.17) is 4.98 Å². The van der Waals surface area contributed by atoms with E-state index in [1.807, 2.05) is 0 Å². The number of piperazine rings is 1. The van der Waals surface area contributed by atoms with Gasteiger partial charge in [-0.15, -0.1) is 0 Å². The van der Waals surface area contributed by atoms with Gasteiger partial charge in [-0.05, 0) is 42.8 Å². The summed E-state index contributed by atoms with van der Waals surface area (Å²) >= 11 is 1.57. The first-order chi connectivity index (χ1) is 12.4. The maximum Gasteiger partial charge on any atom is 0.186 e. The van der Waals surface area contributed by atoms with Crippen LogP contribution in [-0.4, -0.2) is 45.8 Å². The van der Waals surface area contributed by atoms with Gasteiger partial charge in [-0.25, -0.2) is 13.4 Å². The number of aromatic nitrogens is 1. The quantitative estimate of drug-likeness (QED) is 0.690. The number of anilines is 2. The van der Waals surface area contributed by atoms with Crippen molar-refractivity contribution in [3.63, 3.8) is 0 Å². The Balaban J connectivity index is 1.52. The maximum atomic E-state index is 11.7. The van der Waals surface area contributed by atoms with Crippen LogP contribution in [0.3, 0.4) is 0 Å². The van der Waals surface area contributed by atoms with Crippen molar-refractivity contribution in [1.82, 2.24) is 4.98 Å². The van der Waals surface area contributed by atoms with Gasteiger partial charge in [0.25, 0.3) is 0 Å². The van der Waals surface area contributed by atoms with Crippen molar-refractivity contribution in [3.8, 4) is 0 Å². The lowest BCUT2D eigenvalue weighted by molar-refractivity contribution is 0.602. The summed E-state index contributed by atoms with van der Waals surface area (Å²) in [6.45, 7) is 5.84. The van der Waals surface area contributed by atoms with Crippen molar-refractivity contribution in [2.24, 2.45) is 0 Å². The maximum absolute atomic E-state index is 11.7. The fourth-order valence-electron chi connectivity index (χ4n) is 3.24. The molecule has 0 amide bonds. The second kappa shape index (κ2) is 6.55. The molecule has 0 aliphatic carbocycles. The van der Waals surface area contributed by atoms with Crippen molar-refractivity contribution in [1.29, 1.82) is 0 Å². The third kappa shape index (κ3) is 3.41. The molecule has 2 aromatic carbocycles. The van der Waals surface area contributed by atoms with Crippen molar-refractivity contribution < 1.29 is 8.42 Å². The summed E-state index contributed by atoms with van der Waals surface area (Å²) in [5.41, 5.74) is 3.41. The Bertz CT molecular complexity index is 1050. The first-order valence-corrected chi connectivity index (χ1v) is 11.3. The third-order valence-electron chi connectivity index (χ3n) is 4.69. The molecule has 0 atom stereocenters. The summed E-state index contributed by atoms with van der Waals surface area (Å²) in [4.78, 5) is 9.74. The van der Waals surface area contributed by atoms with Gasteiger partial charge in [0.2, 0.25) is 0 Å². The number of rotatable bonds is 3. The molecule has 7 heteroatoms. The number of fused-ring (bicyclic) bond motifs is 1. The van der Waals surface area contributed by atoms with E-state index in [1.165, 1.54) is 17.5 Å². The first kappa shape index (κ1) is 17.3. The molecular formula is C19H21N3O2S2. The molecule has 5 nitrogen and oxygen atoms in total. The van der Waals surface area contributed by atoms with Crippen LogP contribution < -0.4 is 9.80 Å². The molecule has 0 spiro atoms. The lowest BCUT2D eigenvalue weighted by Gasteiger charge is -2.36. The van der Waals surface area contributed by atoms with Gasteiger partial charge in [0.1, 0.15) is 0 Å². The number of aryl methyl sites for hydroxylation is 1. The Morgan fingerprint density at radius 3 is 2.42 bits per heavy atom. The average Bonchev–Trinajstić information content (AvgIpc) is 3.04. The molecule has 3 aromatic rings. The molecule has 26 heavy (non-hydrogen) atoms. The molecule has 1 aromatic heterocycles. The van der Waals surface area contributed by atoms with E-state index in [9.17, 15) is 8.42 Å². The van der Waals surface area contributed by atoms with Crippen molar-refractivity contribution in [2.75, 3.05) is 42.2 Å². The van der Waals surface area contributed by atoms with Crippen molar-refractivity contribution in [2.45, 2.75) is 11.8 Å². The van der Waals surface area contributed by atoms with E-state index in [2.05, 4.69) is 41.0 Å². The van der Waals surface area contributed by atoms with Gasteiger partial charge in [-0.1, -0.05) is 23.5 Å². The molecule has 0 saturated carbocycles. The van der Waals surface area contributed by atoms with E-state index in [0.717, 1.165) is 41.5 Å². The largest absolute Gasteiger partial charge is 0.368 e. The predicted octanol–water partition coefficient (Wildman–Crippen LogP) is 3.33. The number of hydrogen-bond donors (Lipinski definition) is 0. The monoisotopic (exact) mass is 387 g/mol. The van der Waals surface area contributed by atoms with Crippen LogP contribution in [0.2, 0.25) is 0 Å². The van der Waals surface area contributed by atoms with Crippen molar-refractivity contribution >= 4 is 42.2 Å². The molecule has 1 saturated heterocycles. The summed E-state index contributed by atoms with van der Waals surface area (Å²) in [7, 11) is -3.19. The lowest BCUT2D eigenvalue weighted by Crippen LogP contribution is -2.46. The third-order valence-corrected chi connectivity index (χ3v) is 6.88. The van der Waals surface area contributed by atoms with Crippen LogP contribution in [0.1, 0.15) is 5.56 Å². The highest BCUT2D eigenvalue weighted by atomic mass is 32.2. The summed E-state index contributed by atoms with van der Waals surface area (Å²) in [6.07, 6.45) is 1.24. The Hall–Kier alpha value is -2.12. The highest BCUT2D eigenvalue weighted by Gasteiger charge is 2.20. The summed E-state index contributed by atoms with van der Waals surface area (Å²) in [5, 5.41) is 0.967. The average molecular weight is 388 g/mol. The van der Waals surface area contributed by atoms with E-state index >= 15 is 0 Å². The van der Waals surface area contributed by atoms with Crippen LogP contribution >= 0.6 is 11.3 Å². The van der Waals surface area contributed by atoms with Crippen LogP contribution in [0.25, 0.3) is 10.2 Å². The minimum absolute atomic E-state index is 0.351. The molecule has 1 fully saturated rings. The van der Waals surface area contributed by atoms with Gasteiger partial charge in [0.15, 0.2) is 15.0 Å². The highest BCUT2D eigenvalue weighted by Crippen LogP contribution is 2.31. The fraction of sp³-hybridized carbons (Fsp3) is 0.316. The Labute approximate surface area is 157 Å². The first-order valence-electron chi connectivity index (χ1n) is 8.57. The van der Waals surface area contributed by atoms with Gasteiger partial charge in [0, 0.05) is 38.1 Å². The number of sulfone groups is 1. The SMILES string of the molecule is Cc1cccc(N2CCN(c3nc4ccc(S(C)(=O)=O)cc4s3)CC2)c1. The van der Waals surface area contributed by atoms with Gasteiger partial charge < -0.3 is 9.80 Å². The van der Waals surface area contributed by atoms with Crippen LogP contribution in [0, 0.1) is 6.92 Å². The van der Waals surface area contributed by atoms with Gasteiger partial charge in [-0.2, -0.15) is 0 Å². The van der Waals surface area contributed by atoms with Gasteiger partial charge in [0.05, 0.1) is 15.1 Å². The molecule has 0 unspecified atom stereocenters. The minimum atomic E-state index is -3.19. The zero-order valence-electron chi connectivity index (χ0n) is 14.8. The highest BCUT2D eigenvalue weighted by molar-refractivity contribution is 7.90. The molecule has 1 aliphatic rings. The Kier molecular flexibility index (Phi) is 4.36. The zero-order valence-corrected chi connectivity index (χ0v) is 16.5. The second-order valence-corrected chi connectivity index (χ2v) is 9.74. The summed E-state index contributed by atoms with van der Waals surface area (Å²) in [5.74, 6) is 0. The molecule has 2 heterocycles. The second-order valence-electron chi connectivity index (χ2n) is 6.71. The molecule has 1 aliphatic heterocycles. The fourth-order valence-corrected chi connectivity index (χ4v) is 5.02. The van der Waals surface area contributed by atoms with E-state index in [1.54, 1.807) is 29.5 Å². The van der Waals surface area contributed by atoms with Gasteiger partial charge >= 0.3 is 0 Å². The molecule has 0 bridgehead atoms. The number of hydrogen-bond acceptors (Lipinski definition) is 6. The zero-order chi connectivity index (χ0) is 18.3. The molecule has 0 radical (unpaired) electrons. The minimum Gasteiger partial charge on any atom is -0.368 e. The number of nitrogens with zero attached hydrogens (tertiary/aromatic N) is 3. The molecule has 4 rings (SSSR count). The van der Waals surface area contributed by atoms with Crippen molar-refractivity contribution in [3.05, 3.63) is 48.0 Å². The van der Waals surface area contributed by atoms with E-state index < -0.39 is 9.84 Å². The topological polar surface area (TPSA) is 53.5 Å². The smallest absolute Gasteiger partial charge is 0.186 e. The van der Waals surface area contributed by atoms with Crippen LogP contribution in [0.4, 0.5) is 10.8 Å². The normalized spacial score (nSPS) is 15.6. The lowest BCUT2D eigenvalue weighted by atomic mass is 10.2. The standard InChI is InChI=1S/C19H21N3O2S2/c1-14-4-3-5-15(12-14)21-8-10-22(11-9-21)19-20-17-7-6-16(26(2,23)24)13-18(17)25-19/h3-7,12-13H,8-11H2,1-2H3. The summed E-state index contributed by atoms with van der Waals surface area (Å²) < 4.78 is 24.4. The Morgan fingerprint density at radius 2 is 1.73 bits per heavy atom. The van der Waals surface area contributed by atoms with Crippen LogP contribution in [0.5, 0.6) is 0 Å². The molecule has 136 valence electrons. The van der Waals surface area contributed by atoms with Crippen LogP contribution in [-0.2, 0) is 9.84 Å². The van der Waals surface area contributed by atoms with E-state index in [-0.39, 0.29) is 0 Å². The Morgan fingerprint density at radius 1 is 1.00 bits per heavy atom. The summed E-state index contributed by atoms with van der Waals surface area (Å²) in [6, 6.07) is 13.8. The number of benzene rings is 2. The van der Waals surface area contributed by atoms with Crippen LogP contribution in [0.15, 0.2) is 47.4 Å².